The van der Waals surface area contributed by atoms with Crippen LogP contribution in [0.5, 0.6) is 0 Å². The van der Waals surface area contributed by atoms with Gasteiger partial charge in [-0.2, -0.15) is 13.2 Å². The van der Waals surface area contributed by atoms with Crippen LogP contribution in [0.1, 0.15) is 19.4 Å². The Hall–Kier alpha value is -2.65. The van der Waals surface area contributed by atoms with E-state index in [4.69, 9.17) is 9.47 Å². The Bertz CT molecular complexity index is 717. The zero-order valence-corrected chi connectivity index (χ0v) is 12.3. The van der Waals surface area contributed by atoms with Crippen LogP contribution in [0.2, 0.25) is 0 Å². The first-order chi connectivity index (χ1) is 10.9. The van der Waals surface area contributed by atoms with E-state index in [1.807, 2.05) is 5.32 Å². The van der Waals surface area contributed by atoms with Crippen molar-refractivity contribution in [2.24, 2.45) is 0 Å². The molecule has 0 amide bonds. The Morgan fingerprint density at radius 3 is 2.12 bits per heavy atom. The van der Waals surface area contributed by atoms with Crippen LogP contribution in [0, 0.1) is 11.6 Å². The van der Waals surface area contributed by atoms with Crippen molar-refractivity contribution in [2.75, 3.05) is 5.32 Å². The molecule has 1 saturated heterocycles. The topological polar surface area (TPSA) is 64.6 Å². The summed E-state index contributed by atoms with van der Waals surface area (Å²) in [6.45, 7) is 2.59. The molecule has 1 aromatic carbocycles. The molecule has 10 heteroatoms. The third kappa shape index (κ3) is 3.47. The number of hydrogen-bond acceptors (Lipinski definition) is 5. The van der Waals surface area contributed by atoms with E-state index in [0.717, 1.165) is 0 Å². The van der Waals surface area contributed by atoms with Gasteiger partial charge in [-0.15, -0.1) is 0 Å². The number of hydrogen-bond donors (Lipinski definition) is 1. The summed E-state index contributed by atoms with van der Waals surface area (Å²) < 4.78 is 74.4. The lowest BCUT2D eigenvalue weighted by Crippen LogP contribution is -2.42. The summed E-state index contributed by atoms with van der Waals surface area (Å²) in [5, 5.41) is 2.01. The number of alkyl halides is 3. The number of carbonyl (C=O) groups excluding carboxylic acids is 2. The third-order valence-corrected chi connectivity index (χ3v) is 2.86. The molecule has 0 aliphatic carbocycles. The van der Waals surface area contributed by atoms with E-state index < -0.39 is 52.4 Å². The highest BCUT2D eigenvalue weighted by atomic mass is 19.4. The van der Waals surface area contributed by atoms with E-state index in [9.17, 15) is 31.5 Å². The predicted molar refractivity (Wildman–Crippen MR) is 69.3 cm³/mol. The van der Waals surface area contributed by atoms with Crippen molar-refractivity contribution in [1.29, 1.82) is 0 Å². The van der Waals surface area contributed by atoms with Crippen molar-refractivity contribution >= 4 is 17.6 Å². The van der Waals surface area contributed by atoms with Crippen LogP contribution >= 0.6 is 0 Å². The van der Waals surface area contributed by atoms with Gasteiger partial charge in [-0.25, -0.2) is 18.4 Å². The maximum atomic E-state index is 13.8. The lowest BCUT2D eigenvalue weighted by atomic mass is 10.1. The first kappa shape index (κ1) is 17.7. The highest BCUT2D eigenvalue weighted by molar-refractivity contribution is 6.15. The van der Waals surface area contributed by atoms with E-state index in [-0.39, 0.29) is 0 Å². The smallest absolute Gasteiger partial charge is 0.419 e. The molecule has 1 heterocycles. The molecule has 130 valence electrons. The van der Waals surface area contributed by atoms with E-state index in [1.54, 1.807) is 0 Å². The van der Waals surface area contributed by atoms with Crippen LogP contribution in [0.3, 0.4) is 0 Å². The lowest BCUT2D eigenvalue weighted by Gasteiger charge is -2.29. The molecule has 1 aromatic rings. The van der Waals surface area contributed by atoms with Crippen molar-refractivity contribution in [3.05, 3.63) is 41.1 Å². The average molecular weight is 351 g/mol. The van der Waals surface area contributed by atoms with Gasteiger partial charge in [0.2, 0.25) is 0 Å². The van der Waals surface area contributed by atoms with E-state index in [2.05, 4.69) is 0 Å². The monoisotopic (exact) mass is 351 g/mol. The SMILES string of the molecule is CC1(C)OC(=O)C(=CNc2ccc(F)c(C(F)(F)F)c2F)C(=O)O1. The Morgan fingerprint density at radius 1 is 1.08 bits per heavy atom. The summed E-state index contributed by atoms with van der Waals surface area (Å²) in [4.78, 5) is 23.3. The van der Waals surface area contributed by atoms with Crippen molar-refractivity contribution < 1.29 is 41.0 Å². The van der Waals surface area contributed by atoms with Crippen molar-refractivity contribution in [1.82, 2.24) is 0 Å². The Balaban J connectivity index is 2.33. The highest BCUT2D eigenvalue weighted by Crippen LogP contribution is 2.36. The summed E-state index contributed by atoms with van der Waals surface area (Å²) >= 11 is 0. The number of benzene rings is 1. The molecule has 5 nitrogen and oxygen atoms in total. The van der Waals surface area contributed by atoms with Gasteiger partial charge in [0.05, 0.1) is 5.69 Å². The average Bonchev–Trinajstić information content (AvgIpc) is 2.37. The molecule has 1 N–H and O–H groups in total. The molecule has 0 aromatic heterocycles. The molecule has 2 rings (SSSR count). The minimum absolute atomic E-state index is 0.396. The summed E-state index contributed by atoms with van der Waals surface area (Å²) in [6, 6.07) is 1.08. The second-order valence-electron chi connectivity index (χ2n) is 5.16. The first-order valence-corrected chi connectivity index (χ1v) is 6.41. The number of nitrogens with one attached hydrogen (secondary N) is 1. The zero-order valence-electron chi connectivity index (χ0n) is 12.3. The van der Waals surface area contributed by atoms with Gasteiger partial charge in [-0.05, 0) is 12.1 Å². The van der Waals surface area contributed by atoms with E-state index in [1.165, 1.54) is 13.8 Å². The van der Waals surface area contributed by atoms with Crippen LogP contribution in [0.15, 0.2) is 23.9 Å². The maximum Gasteiger partial charge on any atom is 0.422 e. The zero-order chi connectivity index (χ0) is 18.3. The third-order valence-electron chi connectivity index (χ3n) is 2.86. The number of cyclic esters (lactones) is 2. The summed E-state index contributed by atoms with van der Waals surface area (Å²) in [5.74, 6) is -7.44. The largest absolute Gasteiger partial charge is 0.422 e. The van der Waals surface area contributed by atoms with Gasteiger partial charge in [0.1, 0.15) is 11.4 Å². The van der Waals surface area contributed by atoms with E-state index >= 15 is 0 Å². The Labute approximate surface area is 132 Å². The molecule has 24 heavy (non-hydrogen) atoms. The number of carbonyl (C=O) groups is 2. The molecule has 1 fully saturated rings. The summed E-state index contributed by atoms with van der Waals surface area (Å²) in [7, 11) is 0. The molecule has 0 bridgehead atoms. The van der Waals surface area contributed by atoms with Gasteiger partial charge in [0.15, 0.2) is 11.4 Å². The molecule has 0 spiro atoms. The molecule has 0 unspecified atom stereocenters. The van der Waals surface area contributed by atoms with Crippen LogP contribution in [0.4, 0.5) is 27.6 Å². The highest BCUT2D eigenvalue weighted by Gasteiger charge is 2.40. The normalized spacial score (nSPS) is 17.2. The molecular formula is C14H10F5NO4. The summed E-state index contributed by atoms with van der Waals surface area (Å²) in [6.07, 6.45) is -4.64. The van der Waals surface area contributed by atoms with Gasteiger partial charge in [-0.3, -0.25) is 0 Å². The number of esters is 2. The van der Waals surface area contributed by atoms with Crippen molar-refractivity contribution in [3.63, 3.8) is 0 Å². The van der Waals surface area contributed by atoms with E-state index in [0.29, 0.717) is 18.3 Å². The van der Waals surface area contributed by atoms with Crippen LogP contribution < -0.4 is 5.32 Å². The molecule has 0 saturated carbocycles. The molecule has 0 radical (unpaired) electrons. The molecule has 1 aliphatic rings. The fourth-order valence-corrected chi connectivity index (χ4v) is 1.85. The standard InChI is InChI=1S/C14H10F5NO4/c1-13(2)23-11(21)6(12(22)24-13)5-20-8-4-3-7(15)9(10(8)16)14(17,18)19/h3-5,20H,1-2H3. The maximum absolute atomic E-state index is 13.8. The second-order valence-corrected chi connectivity index (χ2v) is 5.16. The first-order valence-electron chi connectivity index (χ1n) is 6.41. The molecule has 0 atom stereocenters. The van der Waals surface area contributed by atoms with Gasteiger partial charge in [0, 0.05) is 20.0 Å². The summed E-state index contributed by atoms with van der Waals surface area (Å²) in [5.41, 5.74) is -3.57. The van der Waals surface area contributed by atoms with Crippen molar-refractivity contribution in [2.45, 2.75) is 25.8 Å². The lowest BCUT2D eigenvalue weighted by molar-refractivity contribution is -0.222. The number of ether oxygens (including phenoxy) is 2. The molecule has 1 aliphatic heterocycles. The predicted octanol–water partition coefficient (Wildman–Crippen LogP) is 3.12. The second kappa shape index (κ2) is 5.77. The fraction of sp³-hybridized carbons (Fsp3) is 0.286. The van der Waals surface area contributed by atoms with Crippen LogP contribution in [-0.2, 0) is 25.2 Å². The minimum Gasteiger partial charge on any atom is -0.419 e. The van der Waals surface area contributed by atoms with Gasteiger partial charge < -0.3 is 14.8 Å². The van der Waals surface area contributed by atoms with Crippen LogP contribution in [0.25, 0.3) is 0 Å². The fourth-order valence-electron chi connectivity index (χ4n) is 1.85. The Morgan fingerprint density at radius 2 is 1.62 bits per heavy atom. The molecular weight excluding hydrogens is 341 g/mol. The number of anilines is 1. The van der Waals surface area contributed by atoms with Crippen molar-refractivity contribution in [3.8, 4) is 0 Å². The van der Waals surface area contributed by atoms with Gasteiger partial charge >= 0.3 is 18.1 Å². The van der Waals surface area contributed by atoms with Crippen LogP contribution in [-0.4, -0.2) is 17.7 Å². The van der Waals surface area contributed by atoms with Gasteiger partial charge in [0.25, 0.3) is 5.79 Å². The van der Waals surface area contributed by atoms with Gasteiger partial charge in [-0.1, -0.05) is 0 Å². The Kier molecular flexibility index (Phi) is 4.25. The number of rotatable bonds is 2. The minimum atomic E-state index is -5.26. The number of halogens is 5. The quantitative estimate of drug-likeness (QED) is 0.384.